The minimum absolute atomic E-state index is 0.0464. The molecule has 1 N–H and O–H groups in total. The van der Waals surface area contributed by atoms with E-state index in [1.54, 1.807) is 0 Å². The maximum atomic E-state index is 13.5. The van der Waals surface area contributed by atoms with Gasteiger partial charge in [-0.3, -0.25) is 9.88 Å². The van der Waals surface area contributed by atoms with E-state index in [0.717, 1.165) is 45.1 Å². The lowest BCUT2D eigenvalue weighted by Crippen LogP contribution is -2.38. The van der Waals surface area contributed by atoms with Crippen LogP contribution in [0, 0.1) is 17.1 Å². The van der Waals surface area contributed by atoms with Gasteiger partial charge < -0.3 is 14.8 Å². The molecule has 4 rings (SSSR count). The van der Waals surface area contributed by atoms with Crippen LogP contribution in [0.5, 0.6) is 11.5 Å². The Morgan fingerprint density at radius 3 is 2.83 bits per heavy atom. The van der Waals surface area contributed by atoms with Gasteiger partial charge in [-0.1, -0.05) is 11.6 Å². The van der Waals surface area contributed by atoms with E-state index in [9.17, 15) is 9.65 Å². The smallest absolute Gasteiger partial charge is 0.156 e. The Labute approximate surface area is 178 Å². The molecule has 2 aromatic carbocycles. The predicted octanol–water partition coefficient (Wildman–Crippen LogP) is 4.44. The fraction of sp³-hybridized carbons (Fsp3) is 0.273. The van der Waals surface area contributed by atoms with Crippen molar-refractivity contribution in [3.63, 3.8) is 0 Å². The Kier molecular flexibility index (Phi) is 6.29. The highest BCUT2D eigenvalue weighted by molar-refractivity contribution is 6.30. The molecule has 0 atom stereocenters. The maximum Gasteiger partial charge on any atom is 0.156 e. The number of ether oxygens (including phenoxy) is 2. The number of pyridine rings is 1. The molecule has 1 fully saturated rings. The molecule has 1 aromatic heterocycles. The van der Waals surface area contributed by atoms with Gasteiger partial charge in [-0.05, 0) is 30.3 Å². The normalized spacial score (nSPS) is 14.4. The van der Waals surface area contributed by atoms with Gasteiger partial charge >= 0.3 is 0 Å². The molecule has 154 valence electrons. The second-order valence-electron chi connectivity index (χ2n) is 6.90. The lowest BCUT2D eigenvalue weighted by molar-refractivity contribution is 0.0398. The minimum atomic E-state index is -0.532. The van der Waals surface area contributed by atoms with Crippen molar-refractivity contribution < 1.29 is 13.9 Å². The summed E-state index contributed by atoms with van der Waals surface area (Å²) in [6, 6.07) is 11.9. The highest BCUT2D eigenvalue weighted by Gasteiger charge is 2.14. The van der Waals surface area contributed by atoms with Crippen LogP contribution in [0.4, 0.5) is 10.1 Å². The third kappa shape index (κ3) is 4.62. The van der Waals surface area contributed by atoms with Gasteiger partial charge in [0, 0.05) is 49.5 Å². The van der Waals surface area contributed by atoms with Crippen molar-refractivity contribution in [2.75, 3.05) is 44.7 Å². The van der Waals surface area contributed by atoms with Crippen molar-refractivity contribution in [3.8, 4) is 17.6 Å². The number of nitriles is 1. The van der Waals surface area contributed by atoms with Gasteiger partial charge in [-0.2, -0.15) is 5.26 Å². The molecule has 1 saturated heterocycles. The van der Waals surface area contributed by atoms with Crippen LogP contribution < -0.4 is 10.1 Å². The molecule has 0 spiro atoms. The van der Waals surface area contributed by atoms with E-state index in [-0.39, 0.29) is 10.6 Å². The van der Waals surface area contributed by atoms with Gasteiger partial charge in [0.2, 0.25) is 0 Å². The van der Waals surface area contributed by atoms with Crippen LogP contribution in [0.2, 0.25) is 5.02 Å². The van der Waals surface area contributed by atoms with E-state index in [4.69, 9.17) is 21.1 Å². The first-order valence-corrected chi connectivity index (χ1v) is 10.0. The Balaban J connectivity index is 1.58. The number of halogens is 2. The van der Waals surface area contributed by atoms with Crippen molar-refractivity contribution in [1.82, 2.24) is 9.88 Å². The van der Waals surface area contributed by atoms with Crippen molar-refractivity contribution in [1.29, 1.82) is 5.26 Å². The molecular formula is C22H20ClFN4O2. The van der Waals surface area contributed by atoms with Crippen LogP contribution in [-0.2, 0) is 4.74 Å². The maximum absolute atomic E-state index is 13.5. The van der Waals surface area contributed by atoms with Gasteiger partial charge in [0.25, 0.3) is 0 Å². The third-order valence-electron chi connectivity index (χ3n) is 4.91. The Bertz CT molecular complexity index is 1100. The summed E-state index contributed by atoms with van der Waals surface area (Å²) in [6.45, 7) is 5.11. The van der Waals surface area contributed by atoms with Gasteiger partial charge in [0.1, 0.15) is 23.2 Å². The van der Waals surface area contributed by atoms with Gasteiger partial charge in [-0.25, -0.2) is 4.39 Å². The standard InChI is InChI=1S/C22H20ClFN4O2/c23-19-12-17(2-3-20(19)24)30-22-15(13-25)14-27-21-4-1-16(11-18(21)22)26-5-6-28-7-9-29-10-8-28/h1-4,11-12,14,26H,5-10H2. The average molecular weight is 427 g/mol. The lowest BCUT2D eigenvalue weighted by atomic mass is 10.1. The van der Waals surface area contributed by atoms with E-state index in [1.807, 2.05) is 18.2 Å². The predicted molar refractivity (Wildman–Crippen MR) is 114 cm³/mol. The first kappa shape index (κ1) is 20.4. The van der Waals surface area contributed by atoms with Crippen LogP contribution in [0.1, 0.15) is 5.56 Å². The van der Waals surface area contributed by atoms with Crippen molar-refractivity contribution in [3.05, 3.63) is 59.0 Å². The summed E-state index contributed by atoms with van der Waals surface area (Å²) in [7, 11) is 0. The molecule has 0 radical (unpaired) electrons. The summed E-state index contributed by atoms with van der Waals surface area (Å²) in [6.07, 6.45) is 1.47. The summed E-state index contributed by atoms with van der Waals surface area (Å²) in [5.74, 6) is 0.175. The van der Waals surface area contributed by atoms with Gasteiger partial charge in [-0.15, -0.1) is 0 Å². The SMILES string of the molecule is N#Cc1cnc2ccc(NCCN3CCOCC3)cc2c1Oc1ccc(F)c(Cl)c1. The molecule has 2 heterocycles. The van der Waals surface area contributed by atoms with E-state index in [0.29, 0.717) is 22.4 Å². The van der Waals surface area contributed by atoms with Crippen molar-refractivity contribution >= 4 is 28.2 Å². The number of aromatic nitrogens is 1. The number of anilines is 1. The zero-order chi connectivity index (χ0) is 20.9. The highest BCUT2D eigenvalue weighted by atomic mass is 35.5. The number of nitrogens with one attached hydrogen (secondary N) is 1. The Morgan fingerprint density at radius 2 is 2.07 bits per heavy atom. The zero-order valence-electron chi connectivity index (χ0n) is 16.2. The van der Waals surface area contributed by atoms with Crippen LogP contribution in [0.3, 0.4) is 0 Å². The van der Waals surface area contributed by atoms with E-state index in [1.165, 1.54) is 24.4 Å². The molecule has 8 heteroatoms. The molecule has 1 aliphatic heterocycles. The van der Waals surface area contributed by atoms with Crippen LogP contribution in [0.25, 0.3) is 10.9 Å². The van der Waals surface area contributed by atoms with E-state index >= 15 is 0 Å². The molecule has 0 bridgehead atoms. The molecule has 30 heavy (non-hydrogen) atoms. The molecule has 0 amide bonds. The zero-order valence-corrected chi connectivity index (χ0v) is 17.0. The average Bonchev–Trinajstić information content (AvgIpc) is 2.77. The monoisotopic (exact) mass is 426 g/mol. The topological polar surface area (TPSA) is 70.4 Å². The second kappa shape index (κ2) is 9.26. The van der Waals surface area contributed by atoms with E-state index in [2.05, 4.69) is 21.3 Å². The molecule has 3 aromatic rings. The number of rotatable bonds is 6. The first-order chi connectivity index (χ1) is 14.6. The molecule has 0 saturated carbocycles. The minimum Gasteiger partial charge on any atom is -0.455 e. The highest BCUT2D eigenvalue weighted by Crippen LogP contribution is 2.35. The molecule has 0 aliphatic carbocycles. The summed E-state index contributed by atoms with van der Waals surface area (Å²) >= 11 is 5.86. The summed E-state index contributed by atoms with van der Waals surface area (Å²) in [5.41, 5.74) is 1.87. The first-order valence-electron chi connectivity index (χ1n) is 9.64. The number of benzene rings is 2. The quantitative estimate of drug-likeness (QED) is 0.628. The van der Waals surface area contributed by atoms with Gasteiger partial charge in [0.05, 0.1) is 23.8 Å². The van der Waals surface area contributed by atoms with Crippen LogP contribution >= 0.6 is 11.6 Å². The second-order valence-corrected chi connectivity index (χ2v) is 7.31. The van der Waals surface area contributed by atoms with E-state index < -0.39 is 5.82 Å². The number of fused-ring (bicyclic) bond motifs is 1. The summed E-state index contributed by atoms with van der Waals surface area (Å²) in [4.78, 5) is 6.69. The van der Waals surface area contributed by atoms with Crippen LogP contribution in [-0.4, -0.2) is 49.3 Å². The summed E-state index contributed by atoms with van der Waals surface area (Å²) < 4.78 is 24.8. The number of hydrogen-bond donors (Lipinski definition) is 1. The fourth-order valence-corrected chi connectivity index (χ4v) is 3.48. The molecular weight excluding hydrogens is 407 g/mol. The molecule has 1 aliphatic rings. The van der Waals surface area contributed by atoms with Crippen molar-refractivity contribution in [2.24, 2.45) is 0 Å². The van der Waals surface area contributed by atoms with Crippen LogP contribution in [0.15, 0.2) is 42.6 Å². The van der Waals surface area contributed by atoms with Gasteiger partial charge in [0.15, 0.2) is 5.75 Å². The van der Waals surface area contributed by atoms with Crippen molar-refractivity contribution in [2.45, 2.75) is 0 Å². The summed E-state index contributed by atoms with van der Waals surface area (Å²) in [5, 5.41) is 13.6. The molecule has 0 unspecified atom stereocenters. The lowest BCUT2D eigenvalue weighted by Gasteiger charge is -2.26. The third-order valence-corrected chi connectivity index (χ3v) is 5.20. The Hall–Kier alpha value is -2.92. The largest absolute Gasteiger partial charge is 0.455 e. The number of hydrogen-bond acceptors (Lipinski definition) is 6. The number of morpholine rings is 1. The molecule has 6 nitrogen and oxygen atoms in total. The number of nitrogens with zero attached hydrogens (tertiary/aromatic N) is 3. The Morgan fingerprint density at radius 1 is 1.23 bits per heavy atom. The fourth-order valence-electron chi connectivity index (χ4n) is 3.31.